The third-order valence-electron chi connectivity index (χ3n) is 4.16. The zero-order valence-corrected chi connectivity index (χ0v) is 13.2. The average Bonchev–Trinajstić information content (AvgIpc) is 3.02. The number of aromatic nitrogens is 2. The van der Waals surface area contributed by atoms with Gasteiger partial charge in [0, 0.05) is 11.8 Å². The zero-order valence-electron chi connectivity index (χ0n) is 13.2. The van der Waals surface area contributed by atoms with Gasteiger partial charge in [-0.3, -0.25) is 5.10 Å². The first-order chi connectivity index (χ1) is 10.8. The second kappa shape index (κ2) is 6.65. The number of hydrogen-bond acceptors (Lipinski definition) is 2. The van der Waals surface area contributed by atoms with Crippen LogP contribution < -0.4 is 4.74 Å². The molecule has 22 heavy (non-hydrogen) atoms. The fraction of sp³-hybridized carbons (Fsp3) is 0.316. The van der Waals surface area contributed by atoms with Crippen LogP contribution in [0.2, 0.25) is 0 Å². The van der Waals surface area contributed by atoms with Crippen molar-refractivity contribution in [3.63, 3.8) is 0 Å². The first-order valence-electron chi connectivity index (χ1n) is 7.97. The van der Waals surface area contributed by atoms with Crippen molar-refractivity contribution in [1.29, 1.82) is 0 Å². The predicted molar refractivity (Wildman–Crippen MR) is 90.5 cm³/mol. The van der Waals surface area contributed by atoms with Crippen molar-refractivity contribution in [2.75, 3.05) is 6.61 Å². The fourth-order valence-electron chi connectivity index (χ4n) is 2.95. The molecule has 3 rings (SSSR count). The third-order valence-corrected chi connectivity index (χ3v) is 4.16. The fourth-order valence-corrected chi connectivity index (χ4v) is 2.95. The highest BCUT2D eigenvalue weighted by Gasteiger charge is 2.07. The van der Waals surface area contributed by atoms with E-state index in [1.807, 2.05) is 24.4 Å². The smallest absolute Gasteiger partial charge is 0.120 e. The largest absolute Gasteiger partial charge is 0.493 e. The van der Waals surface area contributed by atoms with E-state index in [0.717, 1.165) is 35.9 Å². The number of fused-ring (bicyclic) bond motifs is 1. The van der Waals surface area contributed by atoms with Gasteiger partial charge in [-0.25, -0.2) is 0 Å². The summed E-state index contributed by atoms with van der Waals surface area (Å²) in [6, 6.07) is 12.7. The summed E-state index contributed by atoms with van der Waals surface area (Å²) in [6.45, 7) is 5.13. The van der Waals surface area contributed by atoms with E-state index in [4.69, 9.17) is 4.74 Å². The molecule has 0 spiro atoms. The normalized spacial score (nSPS) is 11.0. The van der Waals surface area contributed by atoms with Crippen molar-refractivity contribution >= 4 is 10.9 Å². The molecule has 0 fully saturated rings. The SMILES string of the molecule is CCc1cccc(CC)c1CCOc1ccc2[nH]ncc2c1. The van der Waals surface area contributed by atoms with E-state index in [2.05, 4.69) is 42.2 Å². The van der Waals surface area contributed by atoms with Gasteiger partial charge in [-0.1, -0.05) is 32.0 Å². The molecule has 0 aliphatic carbocycles. The lowest BCUT2D eigenvalue weighted by Crippen LogP contribution is -2.06. The van der Waals surface area contributed by atoms with Gasteiger partial charge in [-0.15, -0.1) is 0 Å². The molecule has 0 aliphatic rings. The lowest BCUT2D eigenvalue weighted by Gasteiger charge is -2.14. The number of nitrogens with one attached hydrogen (secondary N) is 1. The molecule has 3 nitrogen and oxygen atoms in total. The second-order valence-corrected chi connectivity index (χ2v) is 5.48. The Morgan fingerprint density at radius 1 is 1.05 bits per heavy atom. The summed E-state index contributed by atoms with van der Waals surface area (Å²) < 4.78 is 5.94. The van der Waals surface area contributed by atoms with Gasteiger partial charge < -0.3 is 4.74 Å². The summed E-state index contributed by atoms with van der Waals surface area (Å²) in [7, 11) is 0. The molecule has 0 aliphatic heterocycles. The lowest BCUT2D eigenvalue weighted by molar-refractivity contribution is 0.321. The van der Waals surface area contributed by atoms with Crippen LogP contribution in [0.3, 0.4) is 0 Å². The van der Waals surface area contributed by atoms with E-state index in [-0.39, 0.29) is 0 Å². The molecule has 114 valence electrons. The summed E-state index contributed by atoms with van der Waals surface area (Å²) in [5, 5.41) is 8.07. The molecule has 1 heterocycles. The Morgan fingerprint density at radius 3 is 2.55 bits per heavy atom. The van der Waals surface area contributed by atoms with Gasteiger partial charge in [-0.2, -0.15) is 5.10 Å². The Labute approximate surface area is 131 Å². The van der Waals surface area contributed by atoms with Crippen LogP contribution in [0.1, 0.15) is 30.5 Å². The second-order valence-electron chi connectivity index (χ2n) is 5.48. The molecule has 0 saturated carbocycles. The van der Waals surface area contributed by atoms with Crippen molar-refractivity contribution in [1.82, 2.24) is 10.2 Å². The number of H-pyrrole nitrogens is 1. The molecule has 2 aromatic carbocycles. The van der Waals surface area contributed by atoms with E-state index in [0.29, 0.717) is 6.61 Å². The van der Waals surface area contributed by atoms with E-state index < -0.39 is 0 Å². The molecular weight excluding hydrogens is 272 g/mol. The monoisotopic (exact) mass is 294 g/mol. The van der Waals surface area contributed by atoms with Crippen molar-refractivity contribution in [3.05, 3.63) is 59.3 Å². The quantitative estimate of drug-likeness (QED) is 0.735. The molecule has 0 saturated heterocycles. The maximum absolute atomic E-state index is 5.94. The van der Waals surface area contributed by atoms with Crippen molar-refractivity contribution in [2.24, 2.45) is 0 Å². The molecule has 0 radical (unpaired) electrons. The number of nitrogens with zero attached hydrogens (tertiary/aromatic N) is 1. The predicted octanol–water partition coefficient (Wildman–Crippen LogP) is 4.31. The van der Waals surface area contributed by atoms with Crippen molar-refractivity contribution < 1.29 is 4.74 Å². The van der Waals surface area contributed by atoms with Crippen LogP contribution in [0, 0.1) is 0 Å². The Kier molecular flexibility index (Phi) is 4.42. The highest BCUT2D eigenvalue weighted by Crippen LogP contribution is 2.21. The number of aryl methyl sites for hydroxylation is 2. The van der Waals surface area contributed by atoms with Crippen LogP contribution in [0.4, 0.5) is 0 Å². The minimum Gasteiger partial charge on any atom is -0.493 e. The van der Waals surface area contributed by atoms with Crippen LogP contribution in [-0.4, -0.2) is 16.8 Å². The molecule has 3 heteroatoms. The maximum Gasteiger partial charge on any atom is 0.120 e. The molecule has 3 aromatic rings. The average molecular weight is 294 g/mol. The van der Waals surface area contributed by atoms with Gasteiger partial charge in [0.2, 0.25) is 0 Å². The molecule has 1 N–H and O–H groups in total. The first-order valence-corrected chi connectivity index (χ1v) is 7.97. The number of hydrogen-bond donors (Lipinski definition) is 1. The molecular formula is C19H22N2O. The summed E-state index contributed by atoms with van der Waals surface area (Å²) in [6.07, 6.45) is 4.93. The van der Waals surface area contributed by atoms with Gasteiger partial charge in [0.15, 0.2) is 0 Å². The van der Waals surface area contributed by atoms with Crippen molar-refractivity contribution in [2.45, 2.75) is 33.1 Å². The summed E-state index contributed by atoms with van der Waals surface area (Å²) in [5.41, 5.74) is 5.37. The number of ether oxygens (including phenoxy) is 1. The number of rotatable bonds is 6. The molecule has 1 aromatic heterocycles. The van der Waals surface area contributed by atoms with E-state index in [1.54, 1.807) is 0 Å². The highest BCUT2D eigenvalue weighted by molar-refractivity contribution is 5.79. The molecule has 0 amide bonds. The van der Waals surface area contributed by atoms with Gasteiger partial charge in [-0.05, 0) is 47.7 Å². The molecule has 0 atom stereocenters. The van der Waals surface area contributed by atoms with Gasteiger partial charge in [0.1, 0.15) is 5.75 Å². The van der Waals surface area contributed by atoms with Gasteiger partial charge in [0.25, 0.3) is 0 Å². The summed E-state index contributed by atoms with van der Waals surface area (Å²) in [5.74, 6) is 0.904. The Bertz CT molecular complexity index is 739. The van der Waals surface area contributed by atoms with Gasteiger partial charge in [0.05, 0.1) is 18.3 Å². The zero-order chi connectivity index (χ0) is 15.4. The van der Waals surface area contributed by atoms with Crippen LogP contribution >= 0.6 is 0 Å². The van der Waals surface area contributed by atoms with E-state index in [1.165, 1.54) is 16.7 Å². The van der Waals surface area contributed by atoms with Gasteiger partial charge >= 0.3 is 0 Å². The highest BCUT2D eigenvalue weighted by atomic mass is 16.5. The van der Waals surface area contributed by atoms with E-state index in [9.17, 15) is 0 Å². The summed E-state index contributed by atoms with van der Waals surface area (Å²) >= 11 is 0. The van der Waals surface area contributed by atoms with Crippen LogP contribution in [0.5, 0.6) is 5.75 Å². The third kappa shape index (κ3) is 2.98. The molecule has 0 unspecified atom stereocenters. The van der Waals surface area contributed by atoms with E-state index >= 15 is 0 Å². The van der Waals surface area contributed by atoms with Crippen LogP contribution in [0.25, 0.3) is 10.9 Å². The summed E-state index contributed by atoms with van der Waals surface area (Å²) in [4.78, 5) is 0. The first kappa shape index (κ1) is 14.6. The Hall–Kier alpha value is -2.29. The Morgan fingerprint density at radius 2 is 1.82 bits per heavy atom. The van der Waals surface area contributed by atoms with Crippen LogP contribution in [0.15, 0.2) is 42.6 Å². The number of aromatic amines is 1. The molecule has 0 bridgehead atoms. The standard InChI is InChI=1S/C19H22N2O/c1-3-14-6-5-7-15(4-2)18(14)10-11-22-17-8-9-19-16(12-17)13-20-21-19/h5-9,12-13H,3-4,10-11H2,1-2H3,(H,20,21). The topological polar surface area (TPSA) is 37.9 Å². The lowest BCUT2D eigenvalue weighted by atomic mass is 9.95. The Balaban J connectivity index is 1.70. The van der Waals surface area contributed by atoms with Crippen LogP contribution in [-0.2, 0) is 19.3 Å². The minimum absolute atomic E-state index is 0.702. The maximum atomic E-state index is 5.94. The minimum atomic E-state index is 0.702. The number of benzene rings is 2. The van der Waals surface area contributed by atoms with Crippen molar-refractivity contribution in [3.8, 4) is 5.75 Å².